The molecular weight excluding hydrogens is 356 g/mol. The molecule has 0 saturated heterocycles. The first kappa shape index (κ1) is 15.6. The van der Waals surface area contributed by atoms with Crippen molar-refractivity contribution >= 4 is 57.4 Å². The lowest BCUT2D eigenvalue weighted by Crippen LogP contribution is -2.02. The Bertz CT molecular complexity index is 901. The van der Waals surface area contributed by atoms with Crippen molar-refractivity contribution in [2.75, 3.05) is 11.5 Å². The minimum absolute atomic E-state index is 0.0901. The van der Waals surface area contributed by atoms with Crippen LogP contribution in [0.1, 0.15) is 5.69 Å². The third kappa shape index (κ3) is 2.96. The van der Waals surface area contributed by atoms with Crippen LogP contribution in [-0.2, 0) is 0 Å². The Balaban J connectivity index is 2.03. The average Bonchev–Trinajstić information content (AvgIpc) is 3.10. The number of aromatic nitrogens is 4. The third-order valence-electron chi connectivity index (χ3n) is 2.81. The number of aliphatic imine (C=N–C) groups is 1. The molecule has 0 aliphatic rings. The summed E-state index contributed by atoms with van der Waals surface area (Å²) in [7, 11) is 0. The molecule has 6 N–H and O–H groups in total. The third-order valence-corrected chi connectivity index (χ3v) is 5.03. The second-order valence-corrected chi connectivity index (χ2v) is 6.55. The van der Waals surface area contributed by atoms with Crippen molar-refractivity contribution in [3.05, 3.63) is 16.2 Å². The molecule has 0 aliphatic carbocycles. The number of halogens is 1. The standard InChI is InChI=1S/C12H11ClN8S2/c1-4-7(23-12(18-4)17-3-14)5-2-22-11(19-5)6-9(15)21-10(16)8(13)20-6/h2-3H,1H3,(H2,14,17,18)(H4,15,16,21). The van der Waals surface area contributed by atoms with Crippen molar-refractivity contribution < 1.29 is 0 Å². The fourth-order valence-corrected chi connectivity index (χ4v) is 3.71. The molecule has 0 radical (unpaired) electrons. The van der Waals surface area contributed by atoms with Gasteiger partial charge in [-0.15, -0.1) is 11.3 Å². The summed E-state index contributed by atoms with van der Waals surface area (Å²) in [6, 6.07) is 0. The van der Waals surface area contributed by atoms with Crippen LogP contribution < -0.4 is 17.2 Å². The maximum absolute atomic E-state index is 5.91. The van der Waals surface area contributed by atoms with Gasteiger partial charge in [0.2, 0.25) is 5.13 Å². The van der Waals surface area contributed by atoms with Crippen molar-refractivity contribution in [1.82, 2.24) is 19.9 Å². The number of rotatable bonds is 3. The van der Waals surface area contributed by atoms with Crippen LogP contribution in [-0.4, -0.2) is 26.3 Å². The first-order chi connectivity index (χ1) is 11.0. The summed E-state index contributed by atoms with van der Waals surface area (Å²) in [5, 5.41) is 3.16. The molecular formula is C12H11ClN8S2. The second-order valence-electron chi connectivity index (χ2n) is 4.36. The molecule has 8 nitrogen and oxygen atoms in total. The average molecular weight is 367 g/mol. The minimum Gasteiger partial charge on any atom is -0.390 e. The van der Waals surface area contributed by atoms with E-state index in [4.69, 9.17) is 28.8 Å². The summed E-state index contributed by atoms with van der Waals surface area (Å²) in [6.07, 6.45) is 1.21. The number of hydrogen-bond donors (Lipinski definition) is 3. The zero-order chi connectivity index (χ0) is 16.6. The molecule has 0 fully saturated rings. The molecule has 3 aromatic rings. The van der Waals surface area contributed by atoms with Crippen LogP contribution >= 0.6 is 34.3 Å². The topological polar surface area (TPSA) is 142 Å². The number of aryl methyl sites for hydroxylation is 1. The Kier molecular flexibility index (Phi) is 4.11. The van der Waals surface area contributed by atoms with Crippen molar-refractivity contribution in [3.63, 3.8) is 0 Å². The number of nitrogens with two attached hydrogens (primary N) is 3. The van der Waals surface area contributed by atoms with Crippen LogP contribution in [0.15, 0.2) is 10.4 Å². The maximum Gasteiger partial charge on any atom is 0.211 e. The lowest BCUT2D eigenvalue weighted by molar-refractivity contribution is 1.21. The van der Waals surface area contributed by atoms with E-state index in [2.05, 4.69) is 24.9 Å². The number of nitrogen functional groups attached to an aromatic ring is 2. The van der Waals surface area contributed by atoms with Crippen molar-refractivity contribution in [1.29, 1.82) is 0 Å². The lowest BCUT2D eigenvalue weighted by Gasteiger charge is -2.03. The largest absolute Gasteiger partial charge is 0.390 e. The summed E-state index contributed by atoms with van der Waals surface area (Å²) < 4.78 is 0. The Morgan fingerprint density at radius 1 is 1.17 bits per heavy atom. The first-order valence-electron chi connectivity index (χ1n) is 6.26. The van der Waals surface area contributed by atoms with Gasteiger partial charge in [0.15, 0.2) is 16.8 Å². The van der Waals surface area contributed by atoms with E-state index in [1.807, 2.05) is 12.3 Å². The highest BCUT2D eigenvalue weighted by Gasteiger charge is 2.17. The molecule has 3 aromatic heterocycles. The van der Waals surface area contributed by atoms with E-state index in [0.29, 0.717) is 15.8 Å². The molecule has 23 heavy (non-hydrogen) atoms. The number of anilines is 2. The Morgan fingerprint density at radius 2 is 1.96 bits per heavy atom. The summed E-state index contributed by atoms with van der Waals surface area (Å²) in [5.41, 5.74) is 18.7. The van der Waals surface area contributed by atoms with Crippen molar-refractivity contribution in [2.24, 2.45) is 10.7 Å². The van der Waals surface area contributed by atoms with Gasteiger partial charge in [-0.25, -0.2) is 24.9 Å². The van der Waals surface area contributed by atoms with Crippen molar-refractivity contribution in [2.45, 2.75) is 6.92 Å². The quantitative estimate of drug-likeness (QED) is 0.477. The molecule has 0 bridgehead atoms. The summed E-state index contributed by atoms with van der Waals surface area (Å²) in [4.78, 5) is 21.9. The Morgan fingerprint density at radius 3 is 2.70 bits per heavy atom. The van der Waals surface area contributed by atoms with Gasteiger partial charge in [-0.3, -0.25) is 0 Å². The molecule has 0 aromatic carbocycles. The molecule has 0 aliphatic heterocycles. The molecule has 0 unspecified atom stereocenters. The van der Waals surface area contributed by atoms with Gasteiger partial charge in [0.1, 0.15) is 10.7 Å². The van der Waals surface area contributed by atoms with E-state index >= 15 is 0 Å². The smallest absolute Gasteiger partial charge is 0.211 e. The summed E-state index contributed by atoms with van der Waals surface area (Å²) in [5.74, 6) is 0.273. The molecule has 0 atom stereocenters. The number of nitrogens with zero attached hydrogens (tertiary/aromatic N) is 5. The van der Waals surface area contributed by atoms with E-state index < -0.39 is 0 Å². The minimum atomic E-state index is 0.0901. The van der Waals surface area contributed by atoms with Gasteiger partial charge in [-0.05, 0) is 6.92 Å². The highest BCUT2D eigenvalue weighted by molar-refractivity contribution is 7.19. The van der Waals surface area contributed by atoms with Gasteiger partial charge in [0.25, 0.3) is 0 Å². The first-order valence-corrected chi connectivity index (χ1v) is 8.33. The Labute approximate surface area is 144 Å². The fourth-order valence-electron chi connectivity index (χ4n) is 1.82. The van der Waals surface area contributed by atoms with E-state index in [9.17, 15) is 0 Å². The second kappa shape index (κ2) is 6.07. The van der Waals surface area contributed by atoms with E-state index in [-0.39, 0.29) is 16.8 Å². The predicted octanol–water partition coefficient (Wildman–Crippen LogP) is 2.47. The van der Waals surface area contributed by atoms with Crippen LogP contribution in [0.3, 0.4) is 0 Å². The Hall–Kier alpha value is -2.30. The summed E-state index contributed by atoms with van der Waals surface area (Å²) in [6.45, 7) is 1.88. The maximum atomic E-state index is 5.91. The fraction of sp³-hybridized carbons (Fsp3) is 0.0833. The van der Waals surface area contributed by atoms with Crippen LogP contribution in [0.25, 0.3) is 21.3 Å². The predicted molar refractivity (Wildman–Crippen MR) is 95.2 cm³/mol. The molecule has 118 valence electrons. The monoisotopic (exact) mass is 366 g/mol. The zero-order valence-corrected chi connectivity index (χ0v) is 14.2. The number of thiazole rings is 2. The molecule has 11 heteroatoms. The van der Waals surface area contributed by atoms with Crippen molar-refractivity contribution in [3.8, 4) is 21.3 Å². The van der Waals surface area contributed by atoms with E-state index in [1.54, 1.807) is 0 Å². The van der Waals surface area contributed by atoms with Crippen LogP contribution in [0.4, 0.5) is 16.8 Å². The van der Waals surface area contributed by atoms with Gasteiger partial charge in [-0.1, -0.05) is 22.9 Å². The van der Waals surface area contributed by atoms with Gasteiger partial charge in [-0.2, -0.15) is 0 Å². The van der Waals surface area contributed by atoms with Gasteiger partial charge in [0.05, 0.1) is 22.6 Å². The SMILES string of the molecule is Cc1nc(/N=C\N)sc1-c1csc(-c2nc(Cl)c(N)nc2N)n1. The van der Waals surface area contributed by atoms with Crippen LogP contribution in [0.5, 0.6) is 0 Å². The highest BCUT2D eigenvalue weighted by atomic mass is 35.5. The van der Waals surface area contributed by atoms with E-state index in [1.165, 1.54) is 29.0 Å². The zero-order valence-electron chi connectivity index (χ0n) is 11.8. The van der Waals surface area contributed by atoms with Crippen LogP contribution in [0, 0.1) is 6.92 Å². The molecule has 0 spiro atoms. The van der Waals surface area contributed by atoms with Gasteiger partial charge in [0, 0.05) is 5.38 Å². The highest BCUT2D eigenvalue weighted by Crippen LogP contribution is 2.37. The summed E-state index contributed by atoms with van der Waals surface area (Å²) >= 11 is 8.69. The van der Waals surface area contributed by atoms with E-state index in [0.717, 1.165) is 16.3 Å². The molecule has 3 rings (SSSR count). The molecule has 0 saturated carbocycles. The number of hydrogen-bond acceptors (Lipinski definition) is 9. The van der Waals surface area contributed by atoms with Crippen LogP contribution in [0.2, 0.25) is 5.15 Å². The van der Waals surface area contributed by atoms with Gasteiger partial charge < -0.3 is 17.2 Å². The molecule has 0 amide bonds. The molecule has 3 heterocycles. The lowest BCUT2D eigenvalue weighted by atomic mass is 10.3. The normalized spacial score (nSPS) is 11.4. The van der Waals surface area contributed by atoms with Gasteiger partial charge >= 0.3 is 0 Å².